The Bertz CT molecular complexity index is 1180. The number of fused-ring (bicyclic) bond motifs is 2. The van der Waals surface area contributed by atoms with E-state index in [1.807, 2.05) is 26.0 Å². The van der Waals surface area contributed by atoms with Gasteiger partial charge in [-0.05, 0) is 49.9 Å². The molecule has 5 rings (SSSR count). The first-order valence-corrected chi connectivity index (χ1v) is 10.0. The van der Waals surface area contributed by atoms with Gasteiger partial charge in [-0.1, -0.05) is 0 Å². The van der Waals surface area contributed by atoms with Crippen molar-refractivity contribution in [1.82, 2.24) is 19.9 Å². The maximum absolute atomic E-state index is 13.1. The van der Waals surface area contributed by atoms with Crippen LogP contribution in [0.5, 0.6) is 5.75 Å². The first kappa shape index (κ1) is 18.6. The lowest BCUT2D eigenvalue weighted by Gasteiger charge is -2.17. The molecule has 0 radical (unpaired) electrons. The number of anilines is 1. The fraction of sp³-hybridized carbons (Fsp3) is 0.364. The van der Waals surface area contributed by atoms with Crippen molar-refractivity contribution in [3.63, 3.8) is 0 Å². The van der Waals surface area contributed by atoms with E-state index < -0.39 is 0 Å². The summed E-state index contributed by atoms with van der Waals surface area (Å²) >= 11 is 0. The maximum Gasteiger partial charge on any atom is 0.261 e. The molecule has 154 valence electrons. The molecule has 2 unspecified atom stereocenters. The Morgan fingerprint density at radius 2 is 2.13 bits per heavy atom. The summed E-state index contributed by atoms with van der Waals surface area (Å²) in [7, 11) is 1.65. The molecule has 2 N–H and O–H groups in total. The molecule has 2 amide bonds. The van der Waals surface area contributed by atoms with Crippen LogP contribution in [0.3, 0.4) is 0 Å². The number of hydrogen-bond acceptors (Lipinski definition) is 5. The molecule has 1 saturated carbocycles. The molecule has 1 fully saturated rings. The Kier molecular flexibility index (Phi) is 4.06. The minimum Gasteiger partial charge on any atom is -0.487 e. The molecule has 3 heterocycles. The zero-order valence-corrected chi connectivity index (χ0v) is 17.1. The van der Waals surface area contributed by atoms with Crippen molar-refractivity contribution in [2.45, 2.75) is 38.2 Å². The van der Waals surface area contributed by atoms with E-state index in [1.165, 1.54) is 6.20 Å². The van der Waals surface area contributed by atoms with Gasteiger partial charge < -0.3 is 15.4 Å². The average molecular weight is 405 g/mol. The van der Waals surface area contributed by atoms with Crippen molar-refractivity contribution in [3.05, 3.63) is 53.5 Å². The average Bonchev–Trinajstić information content (AvgIpc) is 3.28. The second-order valence-corrected chi connectivity index (χ2v) is 8.55. The Morgan fingerprint density at radius 3 is 2.93 bits per heavy atom. The van der Waals surface area contributed by atoms with Gasteiger partial charge in [0.2, 0.25) is 5.91 Å². The van der Waals surface area contributed by atoms with E-state index >= 15 is 0 Å². The maximum atomic E-state index is 13.1. The summed E-state index contributed by atoms with van der Waals surface area (Å²) in [6, 6.07) is 5.73. The van der Waals surface area contributed by atoms with Crippen LogP contribution in [0.4, 0.5) is 5.69 Å². The van der Waals surface area contributed by atoms with Crippen LogP contribution >= 0.6 is 0 Å². The number of benzene rings is 1. The molecule has 2 aliphatic rings. The van der Waals surface area contributed by atoms with Gasteiger partial charge in [0.25, 0.3) is 5.91 Å². The zero-order chi connectivity index (χ0) is 21.0. The molecule has 1 aliphatic carbocycles. The minimum absolute atomic E-state index is 0.0193. The van der Waals surface area contributed by atoms with Crippen LogP contribution in [-0.2, 0) is 11.2 Å². The van der Waals surface area contributed by atoms with Crippen molar-refractivity contribution >= 4 is 23.1 Å². The number of carbonyl (C=O) groups is 2. The predicted molar refractivity (Wildman–Crippen MR) is 111 cm³/mol. The minimum atomic E-state index is -0.293. The van der Waals surface area contributed by atoms with E-state index in [4.69, 9.17) is 4.74 Å². The Balaban J connectivity index is 1.51. The topological polar surface area (TPSA) is 97.6 Å². The third-order valence-corrected chi connectivity index (χ3v) is 5.78. The van der Waals surface area contributed by atoms with Crippen LogP contribution in [0.25, 0.3) is 5.65 Å². The third kappa shape index (κ3) is 3.08. The molecule has 2 atom stereocenters. The van der Waals surface area contributed by atoms with Crippen molar-refractivity contribution < 1.29 is 14.3 Å². The normalized spacial score (nSPS) is 21.0. The summed E-state index contributed by atoms with van der Waals surface area (Å²) in [6.07, 6.45) is 6.40. The van der Waals surface area contributed by atoms with Crippen LogP contribution in [0, 0.1) is 5.92 Å². The van der Waals surface area contributed by atoms with E-state index in [0.29, 0.717) is 16.9 Å². The van der Waals surface area contributed by atoms with Crippen LogP contribution < -0.4 is 15.4 Å². The lowest BCUT2D eigenvalue weighted by Crippen LogP contribution is -2.24. The highest BCUT2D eigenvalue weighted by Crippen LogP contribution is 2.52. The zero-order valence-electron chi connectivity index (χ0n) is 17.1. The molecule has 1 aliphatic heterocycles. The Hall–Kier alpha value is -3.42. The molecule has 8 nitrogen and oxygen atoms in total. The van der Waals surface area contributed by atoms with Gasteiger partial charge in [-0.3, -0.25) is 9.59 Å². The van der Waals surface area contributed by atoms with Crippen LogP contribution in [0.1, 0.15) is 47.7 Å². The van der Waals surface area contributed by atoms with Crippen molar-refractivity contribution in [3.8, 4) is 5.75 Å². The van der Waals surface area contributed by atoms with Crippen molar-refractivity contribution in [2.24, 2.45) is 5.92 Å². The molecule has 2 aromatic heterocycles. The van der Waals surface area contributed by atoms with Crippen molar-refractivity contribution in [1.29, 1.82) is 0 Å². The lowest BCUT2D eigenvalue weighted by molar-refractivity contribution is -0.121. The molecule has 0 saturated heterocycles. The second kappa shape index (κ2) is 6.55. The van der Waals surface area contributed by atoms with E-state index in [-0.39, 0.29) is 29.3 Å². The summed E-state index contributed by atoms with van der Waals surface area (Å²) in [5, 5.41) is 9.95. The van der Waals surface area contributed by atoms with Crippen LogP contribution in [0.2, 0.25) is 0 Å². The summed E-state index contributed by atoms with van der Waals surface area (Å²) < 4.78 is 7.66. The highest BCUT2D eigenvalue weighted by atomic mass is 16.5. The molecule has 0 bridgehead atoms. The summed E-state index contributed by atoms with van der Waals surface area (Å²) in [4.78, 5) is 29.4. The van der Waals surface area contributed by atoms with Gasteiger partial charge in [0, 0.05) is 43.0 Å². The molecular formula is C22H23N5O3. The van der Waals surface area contributed by atoms with E-state index in [0.717, 1.165) is 29.7 Å². The Morgan fingerprint density at radius 1 is 1.30 bits per heavy atom. The van der Waals surface area contributed by atoms with Gasteiger partial charge >= 0.3 is 0 Å². The quantitative estimate of drug-likeness (QED) is 0.695. The molecule has 1 aromatic carbocycles. The SMILES string of the molecule is CNC(=O)C1CC1c1cc2c(cc1NC(=O)c1cnn3cccnc13)CC(C)(C)O2. The summed E-state index contributed by atoms with van der Waals surface area (Å²) in [5.41, 5.74) is 3.30. The molecule has 30 heavy (non-hydrogen) atoms. The molecular weight excluding hydrogens is 382 g/mol. The fourth-order valence-corrected chi connectivity index (χ4v) is 4.27. The number of nitrogens with one attached hydrogen (secondary N) is 2. The fourth-order valence-electron chi connectivity index (χ4n) is 4.27. The number of hydrogen-bond donors (Lipinski definition) is 2. The third-order valence-electron chi connectivity index (χ3n) is 5.78. The van der Waals surface area contributed by atoms with Gasteiger partial charge in [0.15, 0.2) is 5.65 Å². The van der Waals surface area contributed by atoms with Crippen molar-refractivity contribution in [2.75, 3.05) is 12.4 Å². The summed E-state index contributed by atoms with van der Waals surface area (Å²) in [5.74, 6) is 0.538. The van der Waals surface area contributed by atoms with E-state index in [9.17, 15) is 9.59 Å². The monoisotopic (exact) mass is 405 g/mol. The number of carbonyl (C=O) groups excluding carboxylic acids is 2. The highest BCUT2D eigenvalue weighted by molar-refractivity contribution is 6.08. The molecule has 0 spiro atoms. The first-order chi connectivity index (χ1) is 14.4. The Labute approximate surface area is 173 Å². The van der Waals surface area contributed by atoms with Gasteiger partial charge in [-0.2, -0.15) is 5.10 Å². The van der Waals surface area contributed by atoms with Gasteiger partial charge in [-0.25, -0.2) is 9.50 Å². The van der Waals surface area contributed by atoms with E-state index in [1.54, 1.807) is 30.0 Å². The number of ether oxygens (including phenoxy) is 1. The largest absolute Gasteiger partial charge is 0.487 e. The molecule has 8 heteroatoms. The number of amides is 2. The van der Waals surface area contributed by atoms with Crippen LogP contribution in [-0.4, -0.2) is 39.1 Å². The highest BCUT2D eigenvalue weighted by Gasteiger charge is 2.45. The standard InChI is InChI=1S/C22H23N5O3/c1-22(2)10-12-7-17(14(9-18(12)30-22)13-8-15(13)20(28)23-3)26-21(29)16-11-25-27-6-4-5-24-19(16)27/h4-7,9,11,13,15H,8,10H2,1-3H3,(H,23,28)(H,26,29). The number of rotatable bonds is 4. The summed E-state index contributed by atoms with van der Waals surface area (Å²) in [6.45, 7) is 4.08. The van der Waals surface area contributed by atoms with Crippen LogP contribution in [0.15, 0.2) is 36.8 Å². The number of aromatic nitrogens is 3. The molecule has 3 aromatic rings. The lowest BCUT2D eigenvalue weighted by atomic mass is 9.97. The second-order valence-electron chi connectivity index (χ2n) is 8.55. The number of nitrogens with zero attached hydrogens (tertiary/aromatic N) is 3. The smallest absolute Gasteiger partial charge is 0.261 e. The first-order valence-electron chi connectivity index (χ1n) is 10.0. The van der Waals surface area contributed by atoms with E-state index in [2.05, 4.69) is 20.7 Å². The van der Waals surface area contributed by atoms with Gasteiger partial charge in [0.05, 0.1) is 6.20 Å². The predicted octanol–water partition coefficient (Wildman–Crippen LogP) is 2.54. The van der Waals surface area contributed by atoms with Gasteiger partial charge in [-0.15, -0.1) is 0 Å². The van der Waals surface area contributed by atoms with Gasteiger partial charge in [0.1, 0.15) is 16.9 Å².